The molecule has 0 bridgehead atoms. The van der Waals surface area contributed by atoms with Gasteiger partial charge in [0.15, 0.2) is 5.78 Å². The Morgan fingerprint density at radius 1 is 1.47 bits per heavy atom. The summed E-state index contributed by atoms with van der Waals surface area (Å²) in [6, 6.07) is 5.20. The predicted octanol–water partition coefficient (Wildman–Crippen LogP) is 3.14. The van der Waals surface area contributed by atoms with Crippen LogP contribution >= 0.6 is 11.6 Å². The van der Waals surface area contributed by atoms with Gasteiger partial charge in [0.05, 0.1) is 5.02 Å². The van der Waals surface area contributed by atoms with E-state index in [1.54, 1.807) is 30.4 Å². The van der Waals surface area contributed by atoms with Gasteiger partial charge in [-0.1, -0.05) is 29.8 Å². The maximum absolute atomic E-state index is 11.2. The van der Waals surface area contributed by atoms with Crippen molar-refractivity contribution in [2.45, 2.75) is 13.3 Å². The van der Waals surface area contributed by atoms with E-state index in [9.17, 15) is 9.59 Å². The monoisotopic (exact) mass is 222 g/mol. The van der Waals surface area contributed by atoms with E-state index < -0.39 is 0 Å². The summed E-state index contributed by atoms with van der Waals surface area (Å²) < 4.78 is 0. The first-order valence-electron chi connectivity index (χ1n) is 4.56. The molecule has 78 valence electrons. The molecule has 0 unspecified atom stereocenters. The number of aldehydes is 1. The summed E-state index contributed by atoms with van der Waals surface area (Å²) in [5.74, 6) is -0.0642. The molecule has 0 saturated heterocycles. The van der Waals surface area contributed by atoms with Crippen LogP contribution in [0.1, 0.15) is 29.3 Å². The van der Waals surface area contributed by atoms with Crippen LogP contribution in [0.4, 0.5) is 0 Å². The molecule has 0 fully saturated rings. The molecule has 15 heavy (non-hydrogen) atoms. The number of carbonyl (C=O) groups excluding carboxylic acids is 2. The molecular weight excluding hydrogens is 212 g/mol. The van der Waals surface area contributed by atoms with E-state index in [1.165, 1.54) is 6.92 Å². The molecule has 2 nitrogen and oxygen atoms in total. The molecule has 0 N–H and O–H groups in total. The Labute approximate surface area is 93.6 Å². The van der Waals surface area contributed by atoms with Gasteiger partial charge in [-0.05, 0) is 24.6 Å². The Balaban J connectivity index is 2.97. The molecule has 0 heterocycles. The summed E-state index contributed by atoms with van der Waals surface area (Å²) in [6.07, 6.45) is 4.72. The van der Waals surface area contributed by atoms with Crippen LogP contribution in [0.2, 0.25) is 5.02 Å². The van der Waals surface area contributed by atoms with Gasteiger partial charge in [-0.15, -0.1) is 0 Å². The molecule has 0 amide bonds. The number of allylic oxidation sites excluding steroid dienone is 1. The highest BCUT2D eigenvalue weighted by Crippen LogP contribution is 2.18. The van der Waals surface area contributed by atoms with Crippen molar-refractivity contribution in [3.8, 4) is 0 Å². The predicted molar refractivity (Wildman–Crippen MR) is 61.2 cm³/mol. The lowest BCUT2D eigenvalue weighted by molar-refractivity contribution is -0.107. The molecule has 0 saturated carbocycles. The Morgan fingerprint density at radius 2 is 2.20 bits per heavy atom. The van der Waals surface area contributed by atoms with E-state index >= 15 is 0 Å². The number of halogens is 1. The molecule has 0 atom stereocenters. The second-order valence-electron chi connectivity index (χ2n) is 3.10. The Kier molecular flexibility index (Phi) is 4.25. The summed E-state index contributed by atoms with van der Waals surface area (Å²) in [5, 5.41) is 0.454. The molecule has 0 aliphatic rings. The van der Waals surface area contributed by atoms with Crippen LogP contribution in [-0.2, 0) is 4.79 Å². The summed E-state index contributed by atoms with van der Waals surface area (Å²) in [6.45, 7) is 1.47. The maximum Gasteiger partial charge on any atom is 0.161 e. The molecular formula is C12H11ClO2. The van der Waals surface area contributed by atoms with Crippen LogP contribution < -0.4 is 0 Å². The van der Waals surface area contributed by atoms with E-state index in [0.29, 0.717) is 17.0 Å². The van der Waals surface area contributed by atoms with E-state index in [1.807, 2.05) is 0 Å². The van der Waals surface area contributed by atoms with E-state index in [-0.39, 0.29) is 5.78 Å². The van der Waals surface area contributed by atoms with Crippen molar-refractivity contribution in [1.29, 1.82) is 0 Å². The topological polar surface area (TPSA) is 34.1 Å². The van der Waals surface area contributed by atoms with Gasteiger partial charge in [-0.3, -0.25) is 4.79 Å². The van der Waals surface area contributed by atoms with Gasteiger partial charge < -0.3 is 4.79 Å². The molecule has 0 aliphatic carbocycles. The van der Waals surface area contributed by atoms with Gasteiger partial charge in [0.1, 0.15) is 6.29 Å². The molecule has 3 heteroatoms. The molecule has 0 aliphatic heterocycles. The first kappa shape index (κ1) is 11.7. The van der Waals surface area contributed by atoms with Crippen LogP contribution in [0.3, 0.4) is 0 Å². The number of carbonyl (C=O) groups is 2. The highest BCUT2D eigenvalue weighted by molar-refractivity contribution is 6.33. The lowest BCUT2D eigenvalue weighted by atomic mass is 10.1. The van der Waals surface area contributed by atoms with Gasteiger partial charge in [0.2, 0.25) is 0 Å². The van der Waals surface area contributed by atoms with Crippen molar-refractivity contribution in [3.05, 3.63) is 40.4 Å². The van der Waals surface area contributed by atoms with Crippen molar-refractivity contribution in [1.82, 2.24) is 0 Å². The first-order chi connectivity index (χ1) is 7.15. The summed E-state index contributed by atoms with van der Waals surface area (Å²) in [7, 11) is 0. The zero-order valence-corrected chi connectivity index (χ0v) is 9.12. The van der Waals surface area contributed by atoms with E-state index in [2.05, 4.69) is 0 Å². The van der Waals surface area contributed by atoms with Crippen LogP contribution in [0.5, 0.6) is 0 Å². The lowest BCUT2D eigenvalue weighted by Crippen LogP contribution is -1.93. The zero-order valence-electron chi connectivity index (χ0n) is 8.37. The fourth-order valence-electron chi connectivity index (χ4n) is 1.18. The van der Waals surface area contributed by atoms with Crippen LogP contribution in [0, 0.1) is 0 Å². The minimum atomic E-state index is -0.0642. The first-order valence-corrected chi connectivity index (χ1v) is 4.93. The van der Waals surface area contributed by atoms with Gasteiger partial charge in [-0.2, -0.15) is 0 Å². The normalized spacial score (nSPS) is 10.5. The Bertz CT molecular complexity index is 408. The molecule has 1 rings (SSSR count). The maximum atomic E-state index is 11.2. The summed E-state index contributed by atoms with van der Waals surface area (Å²) >= 11 is 5.85. The van der Waals surface area contributed by atoms with Crippen LogP contribution in [0.25, 0.3) is 6.08 Å². The van der Waals surface area contributed by atoms with E-state index in [0.717, 1.165) is 11.8 Å². The fraction of sp³-hybridized carbons (Fsp3) is 0.167. The molecule has 1 aromatic rings. The standard InChI is InChI=1S/C12H11ClO2/c1-9(15)11-8-10(4-2-3-7-14)5-6-12(11)13/h2,4-8H,3H2,1H3. The van der Waals surface area contributed by atoms with Crippen molar-refractivity contribution in [2.75, 3.05) is 0 Å². The van der Waals surface area contributed by atoms with Crippen molar-refractivity contribution >= 4 is 29.7 Å². The highest BCUT2D eigenvalue weighted by Gasteiger charge is 2.04. The van der Waals surface area contributed by atoms with Gasteiger partial charge in [0.25, 0.3) is 0 Å². The number of ketones is 1. The van der Waals surface area contributed by atoms with Crippen molar-refractivity contribution in [3.63, 3.8) is 0 Å². The highest BCUT2D eigenvalue weighted by atomic mass is 35.5. The largest absolute Gasteiger partial charge is 0.303 e. The number of hydrogen-bond acceptors (Lipinski definition) is 2. The summed E-state index contributed by atoms with van der Waals surface area (Å²) in [5.41, 5.74) is 1.37. The average Bonchev–Trinajstić information content (AvgIpc) is 2.20. The van der Waals surface area contributed by atoms with Gasteiger partial charge >= 0.3 is 0 Å². The molecule has 0 spiro atoms. The minimum absolute atomic E-state index is 0.0642. The van der Waals surface area contributed by atoms with E-state index in [4.69, 9.17) is 11.6 Å². The molecule has 0 aromatic heterocycles. The Hall–Kier alpha value is -1.41. The van der Waals surface area contributed by atoms with Crippen molar-refractivity contribution < 1.29 is 9.59 Å². The minimum Gasteiger partial charge on any atom is -0.303 e. The quantitative estimate of drug-likeness (QED) is 0.579. The third-order valence-corrected chi connectivity index (χ3v) is 2.24. The number of benzene rings is 1. The number of hydrogen-bond donors (Lipinski definition) is 0. The number of rotatable bonds is 4. The van der Waals surface area contributed by atoms with Gasteiger partial charge in [0, 0.05) is 12.0 Å². The second-order valence-corrected chi connectivity index (χ2v) is 3.51. The van der Waals surface area contributed by atoms with Crippen molar-refractivity contribution in [2.24, 2.45) is 0 Å². The SMILES string of the molecule is CC(=O)c1cc(C=CCC=O)ccc1Cl. The van der Waals surface area contributed by atoms with Crippen LogP contribution in [-0.4, -0.2) is 12.1 Å². The second kappa shape index (κ2) is 5.47. The third kappa shape index (κ3) is 3.33. The fourth-order valence-corrected chi connectivity index (χ4v) is 1.43. The Morgan fingerprint density at radius 3 is 2.80 bits per heavy atom. The smallest absolute Gasteiger partial charge is 0.161 e. The lowest BCUT2D eigenvalue weighted by Gasteiger charge is -2.01. The van der Waals surface area contributed by atoms with Crippen LogP contribution in [0.15, 0.2) is 24.3 Å². The number of Topliss-reactive ketones (excluding diaryl/α,β-unsaturated/α-hetero) is 1. The average molecular weight is 223 g/mol. The molecule has 1 aromatic carbocycles. The zero-order chi connectivity index (χ0) is 11.3. The third-order valence-electron chi connectivity index (χ3n) is 1.91. The van der Waals surface area contributed by atoms with Gasteiger partial charge in [-0.25, -0.2) is 0 Å². The summed E-state index contributed by atoms with van der Waals surface area (Å²) in [4.78, 5) is 21.3. The molecule has 0 radical (unpaired) electrons.